The van der Waals surface area contributed by atoms with Crippen LogP contribution >= 0.6 is 15.9 Å². The van der Waals surface area contributed by atoms with Gasteiger partial charge in [-0.2, -0.15) is 13.2 Å². The van der Waals surface area contributed by atoms with E-state index in [0.29, 0.717) is 11.3 Å². The molecule has 0 bridgehead atoms. The van der Waals surface area contributed by atoms with E-state index in [1.807, 2.05) is 0 Å². The van der Waals surface area contributed by atoms with Crippen LogP contribution in [0.4, 0.5) is 23.2 Å². The molecule has 1 aliphatic rings. The standard InChI is InChI=1S/C13H15BrF4N2/c14-11-8(7-19)1-2-10(12(11)15)20-5-3-9(4-6-20)13(16,17)18/h1-2,9H,3-7,19H2. The van der Waals surface area contributed by atoms with Crippen molar-refractivity contribution in [1.82, 2.24) is 0 Å². The molecule has 1 fully saturated rings. The Hall–Kier alpha value is -0.820. The normalized spacial score (nSPS) is 17.6. The smallest absolute Gasteiger partial charge is 0.369 e. The highest BCUT2D eigenvalue weighted by Crippen LogP contribution is 2.37. The zero-order valence-corrected chi connectivity index (χ0v) is 12.3. The molecule has 1 aliphatic heterocycles. The first kappa shape index (κ1) is 15.6. The zero-order valence-electron chi connectivity index (χ0n) is 10.7. The van der Waals surface area contributed by atoms with Crippen molar-refractivity contribution in [2.45, 2.75) is 25.6 Å². The molecule has 20 heavy (non-hydrogen) atoms. The van der Waals surface area contributed by atoms with E-state index in [2.05, 4.69) is 15.9 Å². The molecule has 0 atom stereocenters. The van der Waals surface area contributed by atoms with Gasteiger partial charge in [0.05, 0.1) is 16.1 Å². The minimum Gasteiger partial charge on any atom is -0.369 e. The van der Waals surface area contributed by atoms with Crippen molar-refractivity contribution in [3.05, 3.63) is 28.0 Å². The SMILES string of the molecule is NCc1ccc(N2CCC(C(F)(F)F)CC2)c(F)c1Br. The number of nitrogens with two attached hydrogens (primary N) is 1. The van der Waals surface area contributed by atoms with Crippen molar-refractivity contribution in [2.75, 3.05) is 18.0 Å². The van der Waals surface area contributed by atoms with Gasteiger partial charge in [-0.3, -0.25) is 0 Å². The van der Waals surface area contributed by atoms with Crippen molar-refractivity contribution in [1.29, 1.82) is 0 Å². The summed E-state index contributed by atoms with van der Waals surface area (Å²) in [4.78, 5) is 1.66. The van der Waals surface area contributed by atoms with Gasteiger partial charge in [-0.25, -0.2) is 4.39 Å². The molecule has 112 valence electrons. The van der Waals surface area contributed by atoms with Crippen molar-refractivity contribution < 1.29 is 17.6 Å². The number of rotatable bonds is 2. The predicted octanol–water partition coefficient (Wildman–Crippen LogP) is 3.83. The van der Waals surface area contributed by atoms with E-state index in [1.165, 1.54) is 0 Å². The summed E-state index contributed by atoms with van der Waals surface area (Å²) >= 11 is 3.14. The fourth-order valence-corrected chi connectivity index (χ4v) is 2.93. The topological polar surface area (TPSA) is 29.3 Å². The third kappa shape index (κ3) is 3.09. The predicted molar refractivity (Wildman–Crippen MR) is 73.0 cm³/mol. The van der Waals surface area contributed by atoms with Crippen molar-refractivity contribution in [2.24, 2.45) is 11.7 Å². The van der Waals surface area contributed by atoms with Crippen molar-refractivity contribution >= 4 is 21.6 Å². The quantitative estimate of drug-likeness (QED) is 0.818. The highest BCUT2D eigenvalue weighted by molar-refractivity contribution is 9.10. The maximum atomic E-state index is 14.2. The molecule has 2 rings (SSSR count). The maximum Gasteiger partial charge on any atom is 0.391 e. The molecule has 0 unspecified atom stereocenters. The number of halogens is 5. The zero-order chi connectivity index (χ0) is 14.9. The van der Waals surface area contributed by atoms with Gasteiger partial charge in [0, 0.05) is 19.6 Å². The van der Waals surface area contributed by atoms with Crippen LogP contribution in [0.2, 0.25) is 0 Å². The first-order valence-corrected chi connectivity index (χ1v) is 7.12. The van der Waals surface area contributed by atoms with Gasteiger partial charge >= 0.3 is 6.18 Å². The number of benzene rings is 1. The molecule has 0 amide bonds. The second-order valence-corrected chi connectivity index (χ2v) is 5.67. The van der Waals surface area contributed by atoms with E-state index in [1.54, 1.807) is 17.0 Å². The minimum absolute atomic E-state index is 0.000794. The number of alkyl halides is 3. The van der Waals surface area contributed by atoms with Crippen molar-refractivity contribution in [3.63, 3.8) is 0 Å². The number of nitrogens with zero attached hydrogens (tertiary/aromatic N) is 1. The molecule has 2 N–H and O–H groups in total. The maximum absolute atomic E-state index is 14.2. The van der Waals surface area contributed by atoms with Crippen LogP contribution in [-0.2, 0) is 6.54 Å². The van der Waals surface area contributed by atoms with E-state index in [0.717, 1.165) is 0 Å². The molecule has 7 heteroatoms. The molecule has 1 saturated heterocycles. The molecule has 1 heterocycles. The van der Waals surface area contributed by atoms with Gasteiger partial charge in [0.1, 0.15) is 0 Å². The minimum atomic E-state index is -4.16. The fraction of sp³-hybridized carbons (Fsp3) is 0.538. The van der Waals surface area contributed by atoms with Crippen LogP contribution in [0.25, 0.3) is 0 Å². The summed E-state index contributed by atoms with van der Waals surface area (Å²) in [6.45, 7) is 0.610. The molecule has 1 aromatic carbocycles. The van der Waals surface area contributed by atoms with Crippen LogP contribution in [0, 0.1) is 11.7 Å². The molecule has 0 aliphatic carbocycles. The Kier molecular flexibility index (Phi) is 4.59. The van der Waals surface area contributed by atoms with Gasteiger partial charge in [-0.15, -0.1) is 0 Å². The first-order chi connectivity index (χ1) is 9.34. The lowest BCUT2D eigenvalue weighted by Gasteiger charge is -2.34. The molecular formula is C13H15BrF4N2. The summed E-state index contributed by atoms with van der Waals surface area (Å²) in [5.41, 5.74) is 6.44. The van der Waals surface area contributed by atoms with Crippen LogP contribution < -0.4 is 10.6 Å². The Morgan fingerprint density at radius 2 is 1.85 bits per heavy atom. The molecule has 1 aromatic rings. The summed E-state index contributed by atoms with van der Waals surface area (Å²) in [5.74, 6) is -1.74. The lowest BCUT2D eigenvalue weighted by atomic mass is 9.96. The summed E-state index contributed by atoms with van der Waals surface area (Å²) in [7, 11) is 0. The van der Waals surface area contributed by atoms with E-state index in [9.17, 15) is 17.6 Å². The Labute approximate surface area is 123 Å². The number of piperidine rings is 1. The largest absolute Gasteiger partial charge is 0.391 e. The van der Waals surface area contributed by atoms with E-state index in [-0.39, 0.29) is 36.9 Å². The van der Waals surface area contributed by atoms with Crippen molar-refractivity contribution in [3.8, 4) is 0 Å². The van der Waals surface area contributed by atoms with Gasteiger partial charge in [0.2, 0.25) is 0 Å². The van der Waals surface area contributed by atoms with Crippen LogP contribution in [0.1, 0.15) is 18.4 Å². The van der Waals surface area contributed by atoms with Gasteiger partial charge in [0.25, 0.3) is 0 Å². The Balaban J connectivity index is 2.13. The summed E-state index contributed by atoms with van der Waals surface area (Å²) in [6.07, 6.45) is -4.16. The van der Waals surface area contributed by atoms with Gasteiger partial charge in [-0.05, 0) is 40.4 Å². The molecule has 0 spiro atoms. The van der Waals surface area contributed by atoms with E-state index >= 15 is 0 Å². The average molecular weight is 355 g/mol. The van der Waals surface area contributed by atoms with Crippen LogP contribution in [0.3, 0.4) is 0 Å². The summed E-state index contributed by atoms with van der Waals surface area (Å²) in [6, 6.07) is 3.27. The molecule has 0 saturated carbocycles. The van der Waals surface area contributed by atoms with Gasteiger partial charge in [0.15, 0.2) is 5.82 Å². The monoisotopic (exact) mass is 354 g/mol. The average Bonchev–Trinajstić information content (AvgIpc) is 2.41. The second-order valence-electron chi connectivity index (χ2n) is 4.88. The summed E-state index contributed by atoms with van der Waals surface area (Å²) in [5, 5.41) is 0. The van der Waals surface area contributed by atoms with Crippen LogP contribution in [-0.4, -0.2) is 19.3 Å². The number of hydrogen-bond acceptors (Lipinski definition) is 2. The highest BCUT2D eigenvalue weighted by atomic mass is 79.9. The molecule has 0 aromatic heterocycles. The molecule has 2 nitrogen and oxygen atoms in total. The fourth-order valence-electron chi connectivity index (χ4n) is 2.43. The Morgan fingerprint density at radius 3 is 2.35 bits per heavy atom. The van der Waals surface area contributed by atoms with E-state index in [4.69, 9.17) is 5.73 Å². The number of hydrogen-bond donors (Lipinski definition) is 1. The van der Waals surface area contributed by atoms with E-state index < -0.39 is 17.9 Å². The highest BCUT2D eigenvalue weighted by Gasteiger charge is 2.41. The first-order valence-electron chi connectivity index (χ1n) is 6.33. The number of anilines is 1. The van der Waals surface area contributed by atoms with Crippen LogP contribution in [0.15, 0.2) is 16.6 Å². The second kappa shape index (κ2) is 5.89. The third-order valence-corrected chi connectivity index (χ3v) is 4.52. The van der Waals surface area contributed by atoms with Crippen LogP contribution in [0.5, 0.6) is 0 Å². The Bertz CT molecular complexity index is 482. The molecule has 0 radical (unpaired) electrons. The summed E-state index contributed by atoms with van der Waals surface area (Å²) < 4.78 is 52.3. The lowest BCUT2D eigenvalue weighted by Crippen LogP contribution is -2.39. The third-order valence-electron chi connectivity index (χ3n) is 3.66. The lowest BCUT2D eigenvalue weighted by molar-refractivity contribution is -0.179. The molecular weight excluding hydrogens is 340 g/mol. The Morgan fingerprint density at radius 1 is 1.25 bits per heavy atom. The van der Waals surface area contributed by atoms with Gasteiger partial charge < -0.3 is 10.6 Å². The van der Waals surface area contributed by atoms with Gasteiger partial charge in [-0.1, -0.05) is 6.07 Å².